The van der Waals surface area contributed by atoms with E-state index in [4.69, 9.17) is 20.9 Å². The van der Waals surface area contributed by atoms with E-state index in [1.165, 1.54) is 6.42 Å². The van der Waals surface area contributed by atoms with Crippen LogP contribution in [-0.4, -0.2) is 41.3 Å². The molecule has 1 aliphatic rings. The van der Waals surface area contributed by atoms with Crippen LogP contribution in [0.5, 0.6) is 5.75 Å². The first-order chi connectivity index (χ1) is 11.2. The summed E-state index contributed by atoms with van der Waals surface area (Å²) in [6, 6.07) is 7.49. The van der Waals surface area contributed by atoms with E-state index in [-0.39, 0.29) is 0 Å². The number of aromatic nitrogens is 2. The number of piperidine rings is 1. The fraction of sp³-hybridized carbons (Fsp3) is 0.529. The predicted molar refractivity (Wildman–Crippen MR) is 89.0 cm³/mol. The Morgan fingerprint density at radius 3 is 2.91 bits per heavy atom. The van der Waals surface area contributed by atoms with E-state index in [2.05, 4.69) is 15.0 Å². The first kappa shape index (κ1) is 16.3. The van der Waals surface area contributed by atoms with Gasteiger partial charge in [-0.1, -0.05) is 16.8 Å². The van der Waals surface area contributed by atoms with E-state index in [0.29, 0.717) is 18.3 Å². The summed E-state index contributed by atoms with van der Waals surface area (Å²) in [7, 11) is 0. The largest absolute Gasteiger partial charge is 0.494 e. The Kier molecular flexibility index (Phi) is 5.51. The Morgan fingerprint density at radius 2 is 2.17 bits per heavy atom. The molecule has 0 amide bonds. The van der Waals surface area contributed by atoms with Crippen molar-refractivity contribution in [2.75, 3.05) is 26.2 Å². The minimum atomic E-state index is 0.363. The van der Waals surface area contributed by atoms with Crippen LogP contribution in [0.15, 0.2) is 28.8 Å². The molecule has 0 radical (unpaired) electrons. The van der Waals surface area contributed by atoms with Gasteiger partial charge in [-0.05, 0) is 57.0 Å². The van der Waals surface area contributed by atoms with E-state index in [0.717, 1.165) is 49.1 Å². The third kappa shape index (κ3) is 4.69. The highest BCUT2D eigenvalue weighted by Crippen LogP contribution is 2.25. The van der Waals surface area contributed by atoms with Gasteiger partial charge in [-0.3, -0.25) is 0 Å². The second-order valence-corrected chi connectivity index (χ2v) is 6.41. The standard InChI is InChI=1S/C17H22ClN3O2/c1-13-19-17(23-20-13)14-4-2-9-21(12-14)10-3-11-22-16-7-5-15(18)6-8-16/h5-8,14H,2-4,9-12H2,1H3/t14-/m0/s1. The monoisotopic (exact) mass is 335 g/mol. The van der Waals surface area contributed by atoms with Crippen LogP contribution in [0, 0.1) is 6.92 Å². The van der Waals surface area contributed by atoms with Gasteiger partial charge in [0.25, 0.3) is 0 Å². The molecule has 23 heavy (non-hydrogen) atoms. The molecule has 5 nitrogen and oxygen atoms in total. The molecule has 1 saturated heterocycles. The maximum Gasteiger partial charge on any atom is 0.231 e. The van der Waals surface area contributed by atoms with Crippen molar-refractivity contribution in [3.8, 4) is 5.75 Å². The molecule has 0 bridgehead atoms. The van der Waals surface area contributed by atoms with Gasteiger partial charge in [-0.25, -0.2) is 0 Å². The minimum absolute atomic E-state index is 0.363. The molecule has 1 fully saturated rings. The van der Waals surface area contributed by atoms with Crippen LogP contribution in [0.3, 0.4) is 0 Å². The Labute approximate surface area is 141 Å². The lowest BCUT2D eigenvalue weighted by Gasteiger charge is -2.30. The van der Waals surface area contributed by atoms with Crippen LogP contribution in [-0.2, 0) is 0 Å². The van der Waals surface area contributed by atoms with Gasteiger partial charge in [-0.2, -0.15) is 4.98 Å². The van der Waals surface area contributed by atoms with Gasteiger partial charge in [0.2, 0.25) is 5.89 Å². The van der Waals surface area contributed by atoms with Gasteiger partial charge in [0, 0.05) is 18.1 Å². The van der Waals surface area contributed by atoms with Gasteiger partial charge in [0.15, 0.2) is 5.82 Å². The van der Waals surface area contributed by atoms with Gasteiger partial charge in [-0.15, -0.1) is 0 Å². The van der Waals surface area contributed by atoms with Crippen LogP contribution in [0.4, 0.5) is 0 Å². The molecule has 0 spiro atoms. The molecule has 1 aliphatic heterocycles. The molecular weight excluding hydrogens is 314 g/mol. The highest BCUT2D eigenvalue weighted by Gasteiger charge is 2.25. The summed E-state index contributed by atoms with van der Waals surface area (Å²) in [4.78, 5) is 6.83. The molecule has 0 unspecified atom stereocenters. The third-order valence-corrected chi connectivity index (χ3v) is 4.35. The zero-order valence-electron chi connectivity index (χ0n) is 13.4. The highest BCUT2D eigenvalue weighted by molar-refractivity contribution is 6.30. The number of likely N-dealkylation sites (tertiary alicyclic amines) is 1. The Bertz CT molecular complexity index is 615. The van der Waals surface area contributed by atoms with Crippen LogP contribution in [0.25, 0.3) is 0 Å². The van der Waals surface area contributed by atoms with E-state index in [9.17, 15) is 0 Å². The van der Waals surface area contributed by atoms with E-state index < -0.39 is 0 Å². The second kappa shape index (κ2) is 7.79. The summed E-state index contributed by atoms with van der Waals surface area (Å²) in [5.41, 5.74) is 0. The van der Waals surface area contributed by atoms with Crippen molar-refractivity contribution < 1.29 is 9.26 Å². The Hall–Kier alpha value is -1.59. The lowest BCUT2D eigenvalue weighted by atomic mass is 9.98. The predicted octanol–water partition coefficient (Wildman–Crippen LogP) is 3.68. The highest BCUT2D eigenvalue weighted by atomic mass is 35.5. The Morgan fingerprint density at radius 1 is 1.35 bits per heavy atom. The number of nitrogens with zero attached hydrogens (tertiary/aromatic N) is 3. The van der Waals surface area contributed by atoms with Crippen LogP contribution < -0.4 is 4.74 Å². The van der Waals surface area contributed by atoms with E-state index >= 15 is 0 Å². The van der Waals surface area contributed by atoms with Crippen molar-refractivity contribution in [3.63, 3.8) is 0 Å². The molecule has 1 aromatic heterocycles. The number of hydrogen-bond acceptors (Lipinski definition) is 5. The van der Waals surface area contributed by atoms with E-state index in [1.807, 2.05) is 31.2 Å². The number of rotatable bonds is 6. The summed E-state index contributed by atoms with van der Waals surface area (Å²) in [5, 5.41) is 4.63. The summed E-state index contributed by atoms with van der Waals surface area (Å²) in [5.74, 6) is 2.73. The van der Waals surface area contributed by atoms with Gasteiger partial charge in [0.05, 0.1) is 12.5 Å². The number of halogens is 1. The molecule has 0 N–H and O–H groups in total. The molecule has 2 aromatic rings. The third-order valence-electron chi connectivity index (χ3n) is 4.10. The molecule has 1 atom stereocenters. The van der Waals surface area contributed by atoms with Crippen molar-refractivity contribution >= 4 is 11.6 Å². The zero-order chi connectivity index (χ0) is 16.1. The number of benzene rings is 1. The molecule has 0 aliphatic carbocycles. The fourth-order valence-electron chi connectivity index (χ4n) is 2.95. The fourth-order valence-corrected chi connectivity index (χ4v) is 3.07. The number of ether oxygens (including phenoxy) is 1. The maximum absolute atomic E-state index is 5.86. The van der Waals surface area contributed by atoms with Crippen LogP contribution in [0.2, 0.25) is 5.02 Å². The average molecular weight is 336 g/mol. The summed E-state index contributed by atoms with van der Waals surface area (Å²) in [6.07, 6.45) is 3.29. The van der Waals surface area contributed by atoms with Crippen molar-refractivity contribution in [1.29, 1.82) is 0 Å². The molecule has 6 heteroatoms. The molecule has 2 heterocycles. The van der Waals surface area contributed by atoms with Crippen molar-refractivity contribution in [1.82, 2.24) is 15.0 Å². The van der Waals surface area contributed by atoms with Gasteiger partial charge in [0.1, 0.15) is 5.75 Å². The quantitative estimate of drug-likeness (QED) is 0.754. The topological polar surface area (TPSA) is 51.4 Å². The first-order valence-corrected chi connectivity index (χ1v) is 8.49. The molecule has 3 rings (SSSR count). The Balaban J connectivity index is 1.40. The summed E-state index contributed by atoms with van der Waals surface area (Å²) >= 11 is 5.86. The summed E-state index contributed by atoms with van der Waals surface area (Å²) in [6.45, 7) is 5.72. The minimum Gasteiger partial charge on any atom is -0.494 e. The van der Waals surface area contributed by atoms with Crippen molar-refractivity contribution in [2.24, 2.45) is 0 Å². The lowest BCUT2D eigenvalue weighted by Crippen LogP contribution is -2.35. The smallest absolute Gasteiger partial charge is 0.231 e. The molecule has 1 aromatic carbocycles. The van der Waals surface area contributed by atoms with Crippen molar-refractivity contribution in [2.45, 2.75) is 32.1 Å². The normalized spacial score (nSPS) is 19.0. The molecule has 124 valence electrons. The SMILES string of the molecule is Cc1noc([C@H]2CCCN(CCCOc3ccc(Cl)cc3)C2)n1. The van der Waals surface area contributed by atoms with Gasteiger partial charge >= 0.3 is 0 Å². The van der Waals surface area contributed by atoms with E-state index in [1.54, 1.807) is 0 Å². The molecular formula is C17H22ClN3O2. The van der Waals surface area contributed by atoms with Crippen LogP contribution in [0.1, 0.15) is 36.9 Å². The number of hydrogen-bond donors (Lipinski definition) is 0. The molecule has 0 saturated carbocycles. The maximum atomic E-state index is 5.86. The van der Waals surface area contributed by atoms with Gasteiger partial charge < -0.3 is 14.2 Å². The number of aryl methyl sites for hydroxylation is 1. The average Bonchev–Trinajstić information content (AvgIpc) is 3.00. The van der Waals surface area contributed by atoms with Crippen LogP contribution >= 0.6 is 11.6 Å². The lowest BCUT2D eigenvalue weighted by molar-refractivity contribution is 0.173. The second-order valence-electron chi connectivity index (χ2n) is 5.98. The summed E-state index contributed by atoms with van der Waals surface area (Å²) < 4.78 is 11.1. The van der Waals surface area contributed by atoms with Crippen molar-refractivity contribution in [3.05, 3.63) is 41.0 Å². The first-order valence-electron chi connectivity index (χ1n) is 8.11. The zero-order valence-corrected chi connectivity index (χ0v) is 14.1.